The number of benzene rings is 1. The van der Waals surface area contributed by atoms with Crippen molar-refractivity contribution in [2.75, 3.05) is 6.61 Å². The fourth-order valence-corrected chi connectivity index (χ4v) is 2.77. The normalized spacial score (nSPS) is 10.4. The van der Waals surface area contributed by atoms with Crippen molar-refractivity contribution in [3.05, 3.63) is 39.3 Å². The summed E-state index contributed by atoms with van der Waals surface area (Å²) in [6.45, 7) is 0.551. The smallest absolute Gasteiger partial charge is 0.183 e. The van der Waals surface area contributed by atoms with Crippen LogP contribution in [0.4, 0.5) is 0 Å². The minimum atomic E-state index is 0.167. The van der Waals surface area contributed by atoms with E-state index in [9.17, 15) is 4.79 Å². The number of para-hydroxylation sites is 1. The second-order valence-electron chi connectivity index (χ2n) is 3.93. The van der Waals surface area contributed by atoms with E-state index in [2.05, 4.69) is 26.1 Å². The number of hydrogen-bond donors (Lipinski definition) is 0. The lowest BCUT2D eigenvalue weighted by molar-refractivity contribution is -0.118. The molecule has 1 aromatic heterocycles. The van der Waals surface area contributed by atoms with Gasteiger partial charge in [-0.1, -0.05) is 29.5 Å². The van der Waals surface area contributed by atoms with Crippen molar-refractivity contribution in [1.82, 2.24) is 10.2 Å². The number of nitrogens with zero attached hydrogens (tertiary/aromatic N) is 2. The van der Waals surface area contributed by atoms with E-state index >= 15 is 0 Å². The molecule has 6 heteroatoms. The van der Waals surface area contributed by atoms with Gasteiger partial charge in [0.05, 0.1) is 13.0 Å². The Kier molecular flexibility index (Phi) is 5.47. The molecular formula is C13H13BrN2O2S. The maximum atomic E-state index is 11.7. The Morgan fingerprint density at radius 2 is 2.05 bits per heavy atom. The van der Waals surface area contributed by atoms with Crippen LogP contribution in [0.1, 0.15) is 17.8 Å². The van der Waals surface area contributed by atoms with E-state index < -0.39 is 0 Å². The molecule has 2 rings (SSSR count). The number of Topliss-reactive ketones (excluding diaryl/α,β-unsaturated/α-hetero) is 1. The first kappa shape index (κ1) is 14.1. The first-order valence-electron chi connectivity index (χ1n) is 5.91. The number of ketones is 1. The third-order valence-electron chi connectivity index (χ3n) is 2.40. The van der Waals surface area contributed by atoms with Gasteiger partial charge in [-0.3, -0.25) is 4.79 Å². The Morgan fingerprint density at radius 1 is 1.26 bits per heavy atom. The van der Waals surface area contributed by atoms with Gasteiger partial charge in [-0.2, -0.15) is 0 Å². The molecule has 2 aromatic rings. The van der Waals surface area contributed by atoms with E-state index in [-0.39, 0.29) is 5.78 Å². The molecule has 1 aromatic carbocycles. The molecule has 0 saturated heterocycles. The SMILES string of the molecule is O=C(CCCOc1ccccc1)Cc1nnc(Br)s1. The van der Waals surface area contributed by atoms with Gasteiger partial charge in [0.15, 0.2) is 3.92 Å². The topological polar surface area (TPSA) is 52.1 Å². The second kappa shape index (κ2) is 7.35. The molecule has 0 aliphatic heterocycles. The van der Waals surface area contributed by atoms with Gasteiger partial charge < -0.3 is 4.74 Å². The highest BCUT2D eigenvalue weighted by molar-refractivity contribution is 9.11. The van der Waals surface area contributed by atoms with Gasteiger partial charge in [0.2, 0.25) is 0 Å². The van der Waals surface area contributed by atoms with Crippen molar-refractivity contribution in [2.24, 2.45) is 0 Å². The lowest BCUT2D eigenvalue weighted by atomic mass is 10.2. The number of carbonyl (C=O) groups excluding carboxylic acids is 1. The number of rotatable bonds is 7. The van der Waals surface area contributed by atoms with E-state index in [4.69, 9.17) is 4.74 Å². The second-order valence-corrected chi connectivity index (χ2v) is 6.27. The van der Waals surface area contributed by atoms with Gasteiger partial charge >= 0.3 is 0 Å². The summed E-state index contributed by atoms with van der Waals surface area (Å²) < 4.78 is 6.24. The Labute approximate surface area is 124 Å². The van der Waals surface area contributed by atoms with Crippen molar-refractivity contribution in [3.8, 4) is 5.75 Å². The molecule has 0 aliphatic carbocycles. The minimum Gasteiger partial charge on any atom is -0.494 e. The lowest BCUT2D eigenvalue weighted by Crippen LogP contribution is -2.06. The fraction of sp³-hybridized carbons (Fsp3) is 0.308. The van der Waals surface area contributed by atoms with Crippen LogP contribution in [0.25, 0.3) is 0 Å². The Balaban J connectivity index is 1.64. The molecular weight excluding hydrogens is 328 g/mol. The van der Waals surface area contributed by atoms with E-state index in [1.165, 1.54) is 11.3 Å². The van der Waals surface area contributed by atoms with Crippen molar-refractivity contribution >= 4 is 33.0 Å². The van der Waals surface area contributed by atoms with Gasteiger partial charge in [0.1, 0.15) is 16.5 Å². The van der Waals surface area contributed by atoms with E-state index in [1.807, 2.05) is 30.3 Å². The lowest BCUT2D eigenvalue weighted by Gasteiger charge is -2.04. The van der Waals surface area contributed by atoms with Crippen LogP contribution in [0.2, 0.25) is 0 Å². The highest BCUT2D eigenvalue weighted by Crippen LogP contribution is 2.16. The van der Waals surface area contributed by atoms with Crippen molar-refractivity contribution in [2.45, 2.75) is 19.3 Å². The molecule has 0 saturated carbocycles. The van der Waals surface area contributed by atoms with Crippen LogP contribution in [-0.2, 0) is 11.2 Å². The summed E-state index contributed by atoms with van der Waals surface area (Å²) in [7, 11) is 0. The molecule has 0 atom stereocenters. The van der Waals surface area contributed by atoms with Crippen molar-refractivity contribution in [3.63, 3.8) is 0 Å². The molecule has 4 nitrogen and oxygen atoms in total. The zero-order valence-corrected chi connectivity index (χ0v) is 12.6. The Hall–Kier alpha value is -1.27. The number of hydrogen-bond acceptors (Lipinski definition) is 5. The predicted octanol–water partition coefficient (Wildman–Crippen LogP) is 3.27. The van der Waals surface area contributed by atoms with Gasteiger partial charge in [-0.15, -0.1) is 10.2 Å². The summed E-state index contributed by atoms with van der Waals surface area (Å²) in [6.07, 6.45) is 1.58. The molecule has 0 fully saturated rings. The van der Waals surface area contributed by atoms with Crippen LogP contribution in [0, 0.1) is 0 Å². The summed E-state index contributed by atoms with van der Waals surface area (Å²) in [5.41, 5.74) is 0. The zero-order valence-electron chi connectivity index (χ0n) is 10.2. The quantitative estimate of drug-likeness (QED) is 0.726. The molecule has 1 heterocycles. The summed E-state index contributed by atoms with van der Waals surface area (Å²) in [6, 6.07) is 9.60. The highest BCUT2D eigenvalue weighted by atomic mass is 79.9. The first-order valence-corrected chi connectivity index (χ1v) is 7.52. The average Bonchev–Trinajstić information content (AvgIpc) is 2.81. The monoisotopic (exact) mass is 340 g/mol. The largest absolute Gasteiger partial charge is 0.494 e. The number of halogens is 1. The molecule has 0 bridgehead atoms. The van der Waals surface area contributed by atoms with E-state index in [0.29, 0.717) is 29.8 Å². The molecule has 0 N–H and O–H groups in total. The molecule has 0 radical (unpaired) electrons. The minimum absolute atomic E-state index is 0.167. The fourth-order valence-electron chi connectivity index (χ4n) is 1.54. The molecule has 0 amide bonds. The van der Waals surface area contributed by atoms with Crippen molar-refractivity contribution in [1.29, 1.82) is 0 Å². The predicted molar refractivity (Wildman–Crippen MR) is 77.5 cm³/mol. The summed E-state index contributed by atoms with van der Waals surface area (Å²) in [5.74, 6) is 1.00. The van der Waals surface area contributed by atoms with E-state index in [1.54, 1.807) is 0 Å². The maximum absolute atomic E-state index is 11.7. The van der Waals surface area contributed by atoms with Crippen molar-refractivity contribution < 1.29 is 9.53 Å². The third kappa shape index (κ3) is 5.08. The van der Waals surface area contributed by atoms with Gasteiger partial charge in [0.25, 0.3) is 0 Å². The first-order chi connectivity index (χ1) is 9.24. The van der Waals surface area contributed by atoms with Gasteiger partial charge in [-0.25, -0.2) is 0 Å². The number of aromatic nitrogens is 2. The summed E-state index contributed by atoms with van der Waals surface area (Å²) in [5, 5.41) is 8.47. The van der Waals surface area contributed by atoms with Crippen LogP contribution in [0.3, 0.4) is 0 Å². The van der Waals surface area contributed by atoms with Crippen LogP contribution in [-0.4, -0.2) is 22.6 Å². The zero-order chi connectivity index (χ0) is 13.5. The Morgan fingerprint density at radius 3 is 2.74 bits per heavy atom. The molecule has 0 unspecified atom stereocenters. The maximum Gasteiger partial charge on any atom is 0.183 e. The molecule has 0 aliphatic rings. The molecule has 0 spiro atoms. The summed E-state index contributed by atoms with van der Waals surface area (Å²) >= 11 is 4.62. The van der Waals surface area contributed by atoms with Crippen LogP contribution < -0.4 is 4.74 Å². The number of ether oxygens (including phenoxy) is 1. The summed E-state index contributed by atoms with van der Waals surface area (Å²) in [4.78, 5) is 11.7. The van der Waals surface area contributed by atoms with Crippen LogP contribution in [0.5, 0.6) is 5.75 Å². The molecule has 19 heavy (non-hydrogen) atoms. The highest BCUT2D eigenvalue weighted by Gasteiger charge is 2.08. The standard InChI is InChI=1S/C13H13BrN2O2S/c14-13-16-15-12(19-13)9-10(17)5-4-8-18-11-6-2-1-3-7-11/h1-3,6-7H,4-5,8-9H2. The van der Waals surface area contributed by atoms with E-state index in [0.717, 1.165) is 10.8 Å². The van der Waals surface area contributed by atoms with Gasteiger partial charge in [-0.05, 0) is 34.5 Å². The van der Waals surface area contributed by atoms with Crippen LogP contribution >= 0.6 is 27.3 Å². The van der Waals surface area contributed by atoms with Crippen LogP contribution in [0.15, 0.2) is 34.2 Å². The average molecular weight is 341 g/mol. The molecule has 100 valence electrons. The van der Waals surface area contributed by atoms with Gasteiger partial charge in [0, 0.05) is 6.42 Å². The third-order valence-corrected chi connectivity index (χ3v) is 3.76. The Bertz CT molecular complexity index is 530. The number of carbonyl (C=O) groups is 1.